The summed E-state index contributed by atoms with van der Waals surface area (Å²) in [6.45, 7) is 0. The Labute approximate surface area is 106 Å². The molecule has 1 saturated carbocycles. The molecule has 2 nitrogen and oxygen atoms in total. The lowest BCUT2D eigenvalue weighted by atomic mass is 10.0. The van der Waals surface area contributed by atoms with Crippen LogP contribution < -0.4 is 4.74 Å². The molecule has 0 N–H and O–H groups in total. The van der Waals surface area contributed by atoms with E-state index >= 15 is 0 Å². The Balaban J connectivity index is 1.79. The van der Waals surface area contributed by atoms with Crippen molar-refractivity contribution in [2.24, 2.45) is 0 Å². The molecule has 0 heterocycles. The normalized spacial score (nSPS) is 14.2. The van der Waals surface area contributed by atoms with Gasteiger partial charge >= 0.3 is 0 Å². The summed E-state index contributed by atoms with van der Waals surface area (Å²) < 4.78 is 5.71. The fraction of sp³-hybridized carbons (Fsp3) is 0.188. The van der Waals surface area contributed by atoms with Gasteiger partial charge in [-0.1, -0.05) is 36.4 Å². The van der Waals surface area contributed by atoms with Crippen molar-refractivity contribution < 1.29 is 9.53 Å². The van der Waals surface area contributed by atoms with Crippen molar-refractivity contribution >= 4 is 6.29 Å². The quantitative estimate of drug-likeness (QED) is 0.759. The number of benzene rings is 2. The van der Waals surface area contributed by atoms with Crippen molar-refractivity contribution in [1.29, 1.82) is 0 Å². The van der Waals surface area contributed by atoms with Crippen molar-refractivity contribution in [1.82, 2.24) is 0 Å². The average Bonchev–Trinajstić information content (AvgIpc) is 3.24. The summed E-state index contributed by atoms with van der Waals surface area (Å²) in [6.07, 6.45) is 3.64. The Morgan fingerprint density at radius 1 is 0.889 bits per heavy atom. The van der Waals surface area contributed by atoms with Gasteiger partial charge in [0.25, 0.3) is 0 Å². The minimum absolute atomic E-state index is 0.433. The number of carbonyl (C=O) groups is 1. The topological polar surface area (TPSA) is 26.3 Å². The first kappa shape index (κ1) is 11.0. The van der Waals surface area contributed by atoms with E-state index in [1.54, 1.807) is 0 Å². The monoisotopic (exact) mass is 238 g/mol. The summed E-state index contributed by atoms with van der Waals surface area (Å²) in [5.41, 5.74) is 2.95. The zero-order chi connectivity index (χ0) is 12.4. The molecule has 0 unspecified atom stereocenters. The second kappa shape index (κ2) is 4.65. The Morgan fingerprint density at radius 3 is 1.94 bits per heavy atom. The van der Waals surface area contributed by atoms with E-state index in [4.69, 9.17) is 4.74 Å². The van der Waals surface area contributed by atoms with E-state index < -0.39 is 0 Å². The molecule has 0 saturated heterocycles. The summed E-state index contributed by atoms with van der Waals surface area (Å²) in [4.78, 5) is 10.6. The van der Waals surface area contributed by atoms with Crippen LogP contribution in [0.25, 0.3) is 11.1 Å². The molecule has 1 aliphatic rings. The third-order valence-electron chi connectivity index (χ3n) is 3.06. The molecule has 0 radical (unpaired) electrons. The number of rotatable bonds is 4. The van der Waals surface area contributed by atoms with Crippen molar-refractivity contribution in [2.75, 3.05) is 0 Å². The summed E-state index contributed by atoms with van der Waals surface area (Å²) in [5.74, 6) is 0.936. The highest BCUT2D eigenvalue weighted by Crippen LogP contribution is 2.28. The largest absolute Gasteiger partial charge is 0.490 e. The maximum Gasteiger partial charge on any atom is 0.150 e. The number of hydrogen-bond donors (Lipinski definition) is 0. The Morgan fingerprint density at radius 2 is 1.44 bits per heavy atom. The van der Waals surface area contributed by atoms with Gasteiger partial charge in [0, 0.05) is 5.56 Å². The first-order chi connectivity index (χ1) is 8.85. The van der Waals surface area contributed by atoms with Gasteiger partial charge in [-0.2, -0.15) is 0 Å². The molecule has 1 fully saturated rings. The molecule has 0 aromatic heterocycles. The maximum absolute atomic E-state index is 10.6. The third-order valence-corrected chi connectivity index (χ3v) is 3.06. The summed E-state index contributed by atoms with van der Waals surface area (Å²) in [5, 5.41) is 0. The van der Waals surface area contributed by atoms with E-state index in [-0.39, 0.29) is 0 Å². The van der Waals surface area contributed by atoms with Crippen LogP contribution in [0.5, 0.6) is 5.75 Å². The summed E-state index contributed by atoms with van der Waals surface area (Å²) in [6, 6.07) is 15.7. The Kier molecular flexibility index (Phi) is 2.85. The van der Waals surface area contributed by atoms with Crippen LogP contribution >= 0.6 is 0 Å². The number of hydrogen-bond acceptors (Lipinski definition) is 2. The third kappa shape index (κ3) is 2.43. The van der Waals surface area contributed by atoms with Gasteiger partial charge in [-0.25, -0.2) is 0 Å². The number of carbonyl (C=O) groups excluding carboxylic acids is 1. The van der Waals surface area contributed by atoms with Crippen molar-refractivity contribution in [3.8, 4) is 16.9 Å². The molecule has 2 aromatic carbocycles. The zero-order valence-electron chi connectivity index (χ0n) is 10.0. The fourth-order valence-electron chi connectivity index (χ4n) is 1.86. The maximum atomic E-state index is 10.6. The van der Waals surface area contributed by atoms with E-state index in [2.05, 4.69) is 0 Å². The van der Waals surface area contributed by atoms with Gasteiger partial charge < -0.3 is 4.74 Å². The van der Waals surface area contributed by atoms with Gasteiger partial charge in [-0.15, -0.1) is 0 Å². The van der Waals surface area contributed by atoms with E-state index in [9.17, 15) is 4.79 Å². The molecule has 0 amide bonds. The molecular weight excluding hydrogens is 224 g/mol. The van der Waals surface area contributed by atoms with Crippen molar-refractivity contribution in [3.63, 3.8) is 0 Å². The van der Waals surface area contributed by atoms with Crippen molar-refractivity contribution in [3.05, 3.63) is 54.1 Å². The second-order valence-corrected chi connectivity index (χ2v) is 4.58. The Bertz CT molecular complexity index is 536. The van der Waals surface area contributed by atoms with Gasteiger partial charge in [0.1, 0.15) is 12.0 Å². The van der Waals surface area contributed by atoms with Crippen LogP contribution in [0.4, 0.5) is 0 Å². The van der Waals surface area contributed by atoms with E-state index in [0.29, 0.717) is 11.7 Å². The van der Waals surface area contributed by atoms with E-state index in [1.807, 2.05) is 48.5 Å². The smallest absolute Gasteiger partial charge is 0.150 e. The van der Waals surface area contributed by atoms with Crippen LogP contribution in [0.2, 0.25) is 0 Å². The number of ether oxygens (including phenoxy) is 1. The SMILES string of the molecule is O=Cc1ccc(-c2ccc(OC3CC3)cc2)cc1. The van der Waals surface area contributed by atoms with Crippen LogP contribution in [0.15, 0.2) is 48.5 Å². The molecule has 3 rings (SSSR count). The van der Waals surface area contributed by atoms with Crippen LogP contribution in [-0.4, -0.2) is 12.4 Å². The van der Waals surface area contributed by atoms with E-state index in [0.717, 1.165) is 23.2 Å². The molecule has 0 bridgehead atoms. The molecule has 1 aliphatic carbocycles. The lowest BCUT2D eigenvalue weighted by Crippen LogP contribution is -1.95. The highest BCUT2D eigenvalue weighted by Gasteiger charge is 2.23. The lowest BCUT2D eigenvalue weighted by Gasteiger charge is -2.06. The predicted octanol–water partition coefficient (Wildman–Crippen LogP) is 3.71. The van der Waals surface area contributed by atoms with Gasteiger partial charge in [0.15, 0.2) is 0 Å². The standard InChI is InChI=1S/C16H14O2/c17-11-12-1-3-13(4-2-12)14-5-7-15(8-6-14)18-16-9-10-16/h1-8,11,16H,9-10H2. The molecule has 2 heteroatoms. The molecular formula is C16H14O2. The summed E-state index contributed by atoms with van der Waals surface area (Å²) >= 11 is 0. The first-order valence-corrected chi connectivity index (χ1v) is 6.17. The van der Waals surface area contributed by atoms with Gasteiger partial charge in [-0.05, 0) is 36.1 Å². The molecule has 90 valence electrons. The van der Waals surface area contributed by atoms with E-state index in [1.165, 1.54) is 12.8 Å². The highest BCUT2D eigenvalue weighted by molar-refractivity contribution is 5.76. The second-order valence-electron chi connectivity index (χ2n) is 4.58. The minimum Gasteiger partial charge on any atom is -0.490 e. The zero-order valence-corrected chi connectivity index (χ0v) is 10.0. The Hall–Kier alpha value is -2.09. The molecule has 2 aromatic rings. The van der Waals surface area contributed by atoms with Crippen LogP contribution in [0.3, 0.4) is 0 Å². The van der Waals surface area contributed by atoms with Crippen LogP contribution in [0.1, 0.15) is 23.2 Å². The average molecular weight is 238 g/mol. The molecule has 0 atom stereocenters. The van der Waals surface area contributed by atoms with Crippen molar-refractivity contribution in [2.45, 2.75) is 18.9 Å². The minimum atomic E-state index is 0.433. The molecule has 0 aliphatic heterocycles. The van der Waals surface area contributed by atoms with Gasteiger partial charge in [0.05, 0.1) is 6.10 Å². The van der Waals surface area contributed by atoms with Crippen LogP contribution in [0, 0.1) is 0 Å². The fourth-order valence-corrected chi connectivity index (χ4v) is 1.86. The number of aldehydes is 1. The van der Waals surface area contributed by atoms with Gasteiger partial charge in [0.2, 0.25) is 0 Å². The van der Waals surface area contributed by atoms with Crippen LogP contribution in [-0.2, 0) is 0 Å². The highest BCUT2D eigenvalue weighted by atomic mass is 16.5. The molecule has 18 heavy (non-hydrogen) atoms. The first-order valence-electron chi connectivity index (χ1n) is 6.17. The molecule has 0 spiro atoms. The predicted molar refractivity (Wildman–Crippen MR) is 70.9 cm³/mol. The summed E-state index contributed by atoms with van der Waals surface area (Å²) in [7, 11) is 0. The van der Waals surface area contributed by atoms with Gasteiger partial charge in [-0.3, -0.25) is 4.79 Å². The lowest BCUT2D eigenvalue weighted by molar-refractivity contribution is 0.112.